The van der Waals surface area contributed by atoms with Gasteiger partial charge in [-0.15, -0.1) is 15.8 Å². The molecular formula is C31H39FNO3P. The van der Waals surface area contributed by atoms with Crippen LogP contribution in [0.3, 0.4) is 0 Å². The number of ether oxygens (including phenoxy) is 2. The van der Waals surface area contributed by atoms with Gasteiger partial charge in [-0.05, 0) is 55.0 Å². The molecule has 3 aromatic rings. The van der Waals surface area contributed by atoms with Gasteiger partial charge in [0.2, 0.25) is 0 Å². The number of carbonyl (C=O) groups excluding carboxylic acids is 1. The monoisotopic (exact) mass is 523 g/mol. The first-order chi connectivity index (χ1) is 17.9. The number of methoxy groups -OCH3 is 1. The number of benzene rings is 3. The summed E-state index contributed by atoms with van der Waals surface area (Å²) in [5.74, 6) is 0.687. The first-order valence-electron chi connectivity index (χ1n) is 12.3. The van der Waals surface area contributed by atoms with Crippen molar-refractivity contribution in [3.05, 3.63) is 114 Å². The highest BCUT2D eigenvalue weighted by atomic mass is 31.0. The molecule has 1 atom stereocenters. The first-order valence-corrected chi connectivity index (χ1v) is 12.9. The van der Waals surface area contributed by atoms with Crippen molar-refractivity contribution in [3.8, 4) is 11.5 Å². The maximum absolute atomic E-state index is 14.1. The van der Waals surface area contributed by atoms with Gasteiger partial charge in [-0.25, -0.2) is 4.39 Å². The number of hydrogen-bond donors (Lipinski definition) is 0. The van der Waals surface area contributed by atoms with E-state index >= 15 is 0 Å². The third-order valence-corrected chi connectivity index (χ3v) is 5.29. The second-order valence-electron chi connectivity index (χ2n) is 7.65. The van der Waals surface area contributed by atoms with Crippen molar-refractivity contribution >= 4 is 20.5 Å². The van der Waals surface area contributed by atoms with Crippen LogP contribution in [-0.2, 0) is 13.2 Å². The Hall–Kier alpha value is -3.43. The summed E-state index contributed by atoms with van der Waals surface area (Å²) < 4.78 is 25.4. The summed E-state index contributed by atoms with van der Waals surface area (Å²) in [4.78, 5) is 14.8. The Balaban J connectivity index is 0.00000127. The number of rotatable bonds is 9. The Morgan fingerprint density at radius 2 is 1.70 bits per heavy atom. The third kappa shape index (κ3) is 10.6. The van der Waals surface area contributed by atoms with E-state index in [1.807, 2.05) is 88.4 Å². The van der Waals surface area contributed by atoms with E-state index in [-0.39, 0.29) is 18.3 Å². The molecule has 6 heteroatoms. The van der Waals surface area contributed by atoms with Crippen LogP contribution in [-0.4, -0.2) is 24.5 Å². The first kappa shape index (κ1) is 31.6. The molecule has 0 radical (unpaired) electrons. The van der Waals surface area contributed by atoms with Crippen LogP contribution < -0.4 is 14.8 Å². The highest BCUT2D eigenvalue weighted by Crippen LogP contribution is 2.30. The van der Waals surface area contributed by atoms with E-state index in [9.17, 15) is 9.18 Å². The van der Waals surface area contributed by atoms with Crippen LogP contribution in [0.5, 0.6) is 11.5 Å². The molecule has 0 aromatic heterocycles. The Labute approximate surface area is 224 Å². The molecule has 0 spiro atoms. The average Bonchev–Trinajstić information content (AvgIpc) is 2.92. The summed E-state index contributed by atoms with van der Waals surface area (Å²) in [6.45, 7) is 12.2. The summed E-state index contributed by atoms with van der Waals surface area (Å²) in [6, 6.07) is 19.7. The predicted molar refractivity (Wildman–Crippen MR) is 156 cm³/mol. The fraction of sp³-hybridized carbons (Fsp3) is 0.258. The molecule has 0 aliphatic heterocycles. The Morgan fingerprint density at radius 1 is 1.03 bits per heavy atom. The predicted octanol–water partition coefficient (Wildman–Crippen LogP) is 7.35. The molecule has 0 saturated carbocycles. The second-order valence-corrected chi connectivity index (χ2v) is 8.32. The van der Waals surface area contributed by atoms with Gasteiger partial charge < -0.3 is 14.4 Å². The summed E-state index contributed by atoms with van der Waals surface area (Å²) in [5.41, 5.74) is 2.01. The standard InChI is InChI=1S/C26H27FNO3P.C3H6.C2H6/c1-3-4-14-28(26(29)20-8-6-5-7-9-20)17-19-10-13-24(25(15-19)30-2)31-18-21-11-12-22(32)16-23(21)27;1-3-2;1-2/h3-13,15-16H,14,17-18,32H2,1-2H3;3H,1H2,2H3;1-2H3/b4-3+;;. The molecule has 3 aromatic carbocycles. The molecule has 0 bridgehead atoms. The van der Waals surface area contributed by atoms with E-state index < -0.39 is 0 Å². The average molecular weight is 524 g/mol. The zero-order valence-corrected chi connectivity index (χ0v) is 23.7. The summed E-state index contributed by atoms with van der Waals surface area (Å²) >= 11 is 0. The van der Waals surface area contributed by atoms with E-state index in [1.165, 1.54) is 6.07 Å². The minimum Gasteiger partial charge on any atom is -0.493 e. The van der Waals surface area contributed by atoms with Gasteiger partial charge in [0.25, 0.3) is 5.91 Å². The van der Waals surface area contributed by atoms with Gasteiger partial charge in [0.05, 0.1) is 7.11 Å². The van der Waals surface area contributed by atoms with Gasteiger partial charge >= 0.3 is 0 Å². The van der Waals surface area contributed by atoms with E-state index in [2.05, 4.69) is 15.8 Å². The van der Waals surface area contributed by atoms with Crippen molar-refractivity contribution in [2.75, 3.05) is 13.7 Å². The second kappa shape index (κ2) is 17.9. The van der Waals surface area contributed by atoms with Crippen LogP contribution >= 0.6 is 9.24 Å². The van der Waals surface area contributed by atoms with Crippen LogP contribution in [0.15, 0.2) is 91.5 Å². The number of allylic oxidation sites excluding steroid dienone is 2. The number of hydrogen-bond acceptors (Lipinski definition) is 3. The molecule has 1 amide bonds. The summed E-state index contributed by atoms with van der Waals surface area (Å²) in [5, 5.41) is 0.778. The normalized spacial score (nSPS) is 9.92. The molecule has 0 N–H and O–H groups in total. The van der Waals surface area contributed by atoms with Crippen molar-refractivity contribution in [1.29, 1.82) is 0 Å². The number of carbonyl (C=O) groups is 1. The largest absolute Gasteiger partial charge is 0.493 e. The smallest absolute Gasteiger partial charge is 0.254 e. The molecule has 198 valence electrons. The van der Waals surface area contributed by atoms with Crippen LogP contribution in [0.2, 0.25) is 0 Å². The maximum Gasteiger partial charge on any atom is 0.254 e. The van der Waals surface area contributed by atoms with Crippen LogP contribution in [0, 0.1) is 5.82 Å². The van der Waals surface area contributed by atoms with Crippen molar-refractivity contribution in [1.82, 2.24) is 4.90 Å². The van der Waals surface area contributed by atoms with Crippen LogP contribution in [0.1, 0.15) is 49.2 Å². The highest BCUT2D eigenvalue weighted by Gasteiger charge is 2.16. The van der Waals surface area contributed by atoms with Gasteiger partial charge in [0, 0.05) is 24.2 Å². The summed E-state index contributed by atoms with van der Waals surface area (Å²) in [7, 11) is 4.03. The van der Waals surface area contributed by atoms with Crippen molar-refractivity contribution < 1.29 is 18.7 Å². The molecule has 0 heterocycles. The number of amides is 1. The van der Waals surface area contributed by atoms with E-state index in [4.69, 9.17) is 9.47 Å². The van der Waals surface area contributed by atoms with Gasteiger partial charge in [-0.3, -0.25) is 4.79 Å². The molecular weight excluding hydrogens is 484 g/mol. The fourth-order valence-electron chi connectivity index (χ4n) is 3.20. The third-order valence-electron chi connectivity index (χ3n) is 4.93. The fourth-order valence-corrected chi connectivity index (χ4v) is 3.44. The van der Waals surface area contributed by atoms with Gasteiger partial charge in [-0.2, -0.15) is 0 Å². The van der Waals surface area contributed by atoms with Crippen LogP contribution in [0.4, 0.5) is 4.39 Å². The zero-order chi connectivity index (χ0) is 27.6. The Kier molecular flexibility index (Phi) is 15.3. The van der Waals surface area contributed by atoms with Crippen molar-refractivity contribution in [3.63, 3.8) is 0 Å². The van der Waals surface area contributed by atoms with E-state index in [1.54, 1.807) is 30.2 Å². The van der Waals surface area contributed by atoms with E-state index in [0.29, 0.717) is 35.7 Å². The Morgan fingerprint density at radius 3 is 2.30 bits per heavy atom. The van der Waals surface area contributed by atoms with Gasteiger partial charge in [0.1, 0.15) is 12.4 Å². The molecule has 3 rings (SSSR count). The maximum atomic E-state index is 14.1. The molecule has 4 nitrogen and oxygen atoms in total. The minimum absolute atomic E-state index is 0.0454. The highest BCUT2D eigenvalue weighted by molar-refractivity contribution is 7.27. The van der Waals surface area contributed by atoms with Gasteiger partial charge in [-0.1, -0.05) is 68.5 Å². The topological polar surface area (TPSA) is 38.8 Å². The van der Waals surface area contributed by atoms with E-state index in [0.717, 1.165) is 10.9 Å². The van der Waals surface area contributed by atoms with Gasteiger partial charge in [0.15, 0.2) is 11.5 Å². The number of halogens is 1. The lowest BCUT2D eigenvalue weighted by Crippen LogP contribution is -2.30. The zero-order valence-electron chi connectivity index (χ0n) is 22.5. The lowest BCUT2D eigenvalue weighted by molar-refractivity contribution is 0.0762. The Bertz CT molecular complexity index is 1130. The molecule has 0 fully saturated rings. The quantitative estimate of drug-likeness (QED) is 0.217. The summed E-state index contributed by atoms with van der Waals surface area (Å²) in [6.07, 6.45) is 5.62. The van der Waals surface area contributed by atoms with Crippen LogP contribution in [0.25, 0.3) is 0 Å². The molecule has 0 saturated heterocycles. The number of nitrogens with zero attached hydrogens (tertiary/aromatic N) is 1. The molecule has 37 heavy (non-hydrogen) atoms. The van der Waals surface area contributed by atoms with Crippen molar-refractivity contribution in [2.45, 2.75) is 40.8 Å². The van der Waals surface area contributed by atoms with Crippen molar-refractivity contribution in [2.24, 2.45) is 0 Å². The minimum atomic E-state index is -0.313. The lowest BCUT2D eigenvalue weighted by Gasteiger charge is -2.22. The SMILES string of the molecule is C/C=C/CN(Cc1ccc(OCc2ccc(P)cc2F)c(OC)c1)C(=O)c1ccccc1.C=CC.CC. The molecule has 1 unspecified atom stereocenters. The lowest BCUT2D eigenvalue weighted by atomic mass is 10.1. The molecule has 0 aliphatic carbocycles. The molecule has 0 aliphatic rings.